The van der Waals surface area contributed by atoms with Gasteiger partial charge in [-0.3, -0.25) is 14.9 Å². The number of nitrogens with zero attached hydrogens (tertiary/aromatic N) is 2. The molecular formula is C18H18BrN3O4. The van der Waals surface area contributed by atoms with Gasteiger partial charge in [0.25, 0.3) is 5.69 Å². The van der Waals surface area contributed by atoms with E-state index in [1.807, 2.05) is 19.9 Å². The van der Waals surface area contributed by atoms with Gasteiger partial charge in [0.05, 0.1) is 28.1 Å². The number of rotatable bonds is 7. The van der Waals surface area contributed by atoms with E-state index >= 15 is 0 Å². The highest BCUT2D eigenvalue weighted by Gasteiger charge is 2.15. The summed E-state index contributed by atoms with van der Waals surface area (Å²) in [5.74, 6) is 0.284. The van der Waals surface area contributed by atoms with Gasteiger partial charge < -0.3 is 4.74 Å². The smallest absolute Gasteiger partial charge is 0.273 e. The van der Waals surface area contributed by atoms with Gasteiger partial charge in [0.15, 0.2) is 0 Å². The third kappa shape index (κ3) is 5.66. The number of hydrazone groups is 1. The first-order valence-corrected chi connectivity index (χ1v) is 8.66. The molecular weight excluding hydrogens is 402 g/mol. The molecule has 0 unspecified atom stereocenters. The second-order valence-electron chi connectivity index (χ2n) is 5.71. The summed E-state index contributed by atoms with van der Waals surface area (Å²) in [5.41, 5.74) is 3.39. The molecule has 0 radical (unpaired) electrons. The van der Waals surface area contributed by atoms with Crippen molar-refractivity contribution in [3.05, 3.63) is 68.2 Å². The number of nitrogens with one attached hydrogen (secondary N) is 1. The Morgan fingerprint density at radius 3 is 2.73 bits per heavy atom. The second kappa shape index (κ2) is 9.10. The lowest BCUT2D eigenvalue weighted by Gasteiger charge is -2.11. The first kappa shape index (κ1) is 19.6. The number of para-hydroxylation sites is 1. The van der Waals surface area contributed by atoms with Crippen molar-refractivity contribution in [2.45, 2.75) is 26.4 Å². The minimum atomic E-state index is -0.510. The molecule has 1 amide bonds. The molecule has 1 N–H and O–H groups in total. The number of hydrogen-bond acceptors (Lipinski definition) is 5. The quantitative estimate of drug-likeness (QED) is 0.419. The van der Waals surface area contributed by atoms with E-state index in [-0.39, 0.29) is 18.2 Å². The van der Waals surface area contributed by atoms with Crippen LogP contribution < -0.4 is 10.2 Å². The van der Waals surface area contributed by atoms with Crippen LogP contribution in [-0.4, -0.2) is 23.1 Å². The Morgan fingerprint density at radius 2 is 2.08 bits per heavy atom. The summed E-state index contributed by atoms with van der Waals surface area (Å²) < 4.78 is 6.40. The number of halogens is 1. The Balaban J connectivity index is 1.97. The van der Waals surface area contributed by atoms with Crippen LogP contribution in [0.1, 0.15) is 25.0 Å². The molecule has 0 aliphatic heterocycles. The highest BCUT2D eigenvalue weighted by atomic mass is 79.9. The number of carbonyl (C=O) groups is 1. The van der Waals surface area contributed by atoms with E-state index in [2.05, 4.69) is 26.5 Å². The molecule has 0 saturated carbocycles. The summed E-state index contributed by atoms with van der Waals surface area (Å²) in [6.07, 6.45) is 1.42. The molecule has 7 nitrogen and oxygen atoms in total. The summed E-state index contributed by atoms with van der Waals surface area (Å²) >= 11 is 3.42. The van der Waals surface area contributed by atoms with Gasteiger partial charge >= 0.3 is 0 Å². The van der Waals surface area contributed by atoms with Crippen molar-refractivity contribution in [2.24, 2.45) is 5.10 Å². The van der Waals surface area contributed by atoms with E-state index in [4.69, 9.17) is 4.74 Å². The minimum Gasteiger partial charge on any atom is -0.490 e. The molecule has 8 heteroatoms. The van der Waals surface area contributed by atoms with E-state index < -0.39 is 10.8 Å². The normalized spacial score (nSPS) is 10.9. The number of nitro benzene ring substituents is 1. The highest BCUT2D eigenvalue weighted by molar-refractivity contribution is 9.10. The lowest BCUT2D eigenvalue weighted by Crippen LogP contribution is -2.20. The van der Waals surface area contributed by atoms with Crippen LogP contribution in [0.2, 0.25) is 0 Å². The van der Waals surface area contributed by atoms with Crippen molar-refractivity contribution in [3.63, 3.8) is 0 Å². The van der Waals surface area contributed by atoms with Crippen LogP contribution in [0.3, 0.4) is 0 Å². The van der Waals surface area contributed by atoms with E-state index in [9.17, 15) is 14.9 Å². The number of hydrogen-bond donors (Lipinski definition) is 1. The van der Waals surface area contributed by atoms with E-state index in [1.54, 1.807) is 30.3 Å². The number of ether oxygens (including phenoxy) is 1. The molecule has 0 fully saturated rings. The molecule has 136 valence electrons. The predicted molar refractivity (Wildman–Crippen MR) is 102 cm³/mol. The van der Waals surface area contributed by atoms with Crippen molar-refractivity contribution >= 4 is 33.7 Å². The number of carbonyl (C=O) groups excluding carboxylic acids is 1. The molecule has 0 heterocycles. The first-order valence-electron chi connectivity index (χ1n) is 7.87. The molecule has 0 saturated heterocycles. The first-order chi connectivity index (χ1) is 12.4. The maximum atomic E-state index is 11.9. The summed E-state index contributed by atoms with van der Waals surface area (Å²) in [6, 6.07) is 11.5. The van der Waals surface area contributed by atoms with Gasteiger partial charge in [-0.15, -0.1) is 0 Å². The van der Waals surface area contributed by atoms with Crippen molar-refractivity contribution < 1.29 is 14.5 Å². The Morgan fingerprint density at radius 1 is 1.35 bits per heavy atom. The van der Waals surface area contributed by atoms with Crippen LogP contribution in [-0.2, 0) is 11.2 Å². The van der Waals surface area contributed by atoms with Crippen molar-refractivity contribution in [1.82, 2.24) is 5.43 Å². The number of amides is 1. The molecule has 0 aliphatic carbocycles. The topological polar surface area (TPSA) is 93.8 Å². The highest BCUT2D eigenvalue weighted by Crippen LogP contribution is 2.26. The predicted octanol–water partition coefficient (Wildman–Crippen LogP) is 3.84. The summed E-state index contributed by atoms with van der Waals surface area (Å²) in [4.78, 5) is 22.4. The molecule has 0 bridgehead atoms. The van der Waals surface area contributed by atoms with Crippen molar-refractivity contribution in [2.75, 3.05) is 0 Å². The van der Waals surface area contributed by atoms with E-state index in [1.165, 1.54) is 12.3 Å². The van der Waals surface area contributed by atoms with Crippen LogP contribution in [0.4, 0.5) is 5.69 Å². The van der Waals surface area contributed by atoms with Crippen molar-refractivity contribution in [1.29, 1.82) is 0 Å². The zero-order chi connectivity index (χ0) is 19.1. The largest absolute Gasteiger partial charge is 0.490 e. The third-order valence-corrected chi connectivity index (χ3v) is 3.88. The maximum Gasteiger partial charge on any atom is 0.273 e. The zero-order valence-electron chi connectivity index (χ0n) is 14.3. The Kier molecular flexibility index (Phi) is 6.85. The SMILES string of the molecule is CC(C)Oc1ccc(/C=N/NC(=O)Cc2ccccc2[N+](=O)[O-])cc1Br. The fraction of sp³-hybridized carbons (Fsp3) is 0.222. The van der Waals surface area contributed by atoms with Crippen LogP contribution in [0.25, 0.3) is 0 Å². The standard InChI is InChI=1S/C18H18BrN3O4/c1-12(2)26-17-8-7-13(9-15(17)19)11-20-21-18(23)10-14-5-3-4-6-16(14)22(24)25/h3-9,11-12H,10H2,1-2H3,(H,21,23)/b20-11+. The third-order valence-electron chi connectivity index (χ3n) is 3.26. The van der Waals surface area contributed by atoms with Crippen LogP contribution in [0.15, 0.2) is 52.0 Å². The van der Waals surface area contributed by atoms with Crippen LogP contribution in [0.5, 0.6) is 5.75 Å². The average molecular weight is 420 g/mol. The monoisotopic (exact) mass is 419 g/mol. The molecule has 26 heavy (non-hydrogen) atoms. The molecule has 2 aromatic carbocycles. The number of benzene rings is 2. The molecule has 0 aliphatic rings. The second-order valence-corrected chi connectivity index (χ2v) is 6.57. The molecule has 2 rings (SSSR count). The zero-order valence-corrected chi connectivity index (χ0v) is 15.9. The number of nitro groups is 1. The Labute approximate surface area is 159 Å². The van der Waals surface area contributed by atoms with Gasteiger partial charge in [0, 0.05) is 11.6 Å². The van der Waals surface area contributed by atoms with Gasteiger partial charge in [-0.05, 0) is 53.5 Å². The van der Waals surface area contributed by atoms with Crippen LogP contribution >= 0.6 is 15.9 Å². The van der Waals surface area contributed by atoms with Crippen molar-refractivity contribution in [3.8, 4) is 5.75 Å². The van der Waals surface area contributed by atoms with E-state index in [0.29, 0.717) is 5.56 Å². The Hall–Kier alpha value is -2.74. The average Bonchev–Trinajstić information content (AvgIpc) is 2.57. The van der Waals surface area contributed by atoms with E-state index in [0.717, 1.165) is 15.8 Å². The van der Waals surface area contributed by atoms with Gasteiger partial charge in [0.2, 0.25) is 5.91 Å². The van der Waals surface area contributed by atoms with Gasteiger partial charge in [0.1, 0.15) is 5.75 Å². The molecule has 0 spiro atoms. The Bertz CT molecular complexity index is 837. The fourth-order valence-electron chi connectivity index (χ4n) is 2.18. The lowest BCUT2D eigenvalue weighted by atomic mass is 10.1. The summed E-state index contributed by atoms with van der Waals surface area (Å²) in [6.45, 7) is 3.88. The van der Waals surface area contributed by atoms with Gasteiger partial charge in [-0.2, -0.15) is 5.10 Å². The molecule has 2 aromatic rings. The minimum absolute atomic E-state index is 0.0622. The lowest BCUT2D eigenvalue weighted by molar-refractivity contribution is -0.385. The molecule has 0 atom stereocenters. The maximum absolute atomic E-state index is 11.9. The summed E-state index contributed by atoms with van der Waals surface area (Å²) in [5, 5.41) is 14.8. The van der Waals surface area contributed by atoms with Crippen LogP contribution in [0, 0.1) is 10.1 Å². The summed E-state index contributed by atoms with van der Waals surface area (Å²) in [7, 11) is 0. The van der Waals surface area contributed by atoms with Gasteiger partial charge in [-0.25, -0.2) is 5.43 Å². The molecule has 0 aromatic heterocycles. The van der Waals surface area contributed by atoms with Gasteiger partial charge in [-0.1, -0.05) is 18.2 Å². The fourth-order valence-corrected chi connectivity index (χ4v) is 2.67.